The summed E-state index contributed by atoms with van der Waals surface area (Å²) >= 11 is 0. The van der Waals surface area contributed by atoms with Gasteiger partial charge >= 0.3 is 0 Å². The summed E-state index contributed by atoms with van der Waals surface area (Å²) in [5.41, 5.74) is 8.40. The number of hydrogen-bond donors (Lipinski definition) is 1. The third-order valence-corrected chi connectivity index (χ3v) is 11.3. The lowest BCUT2D eigenvalue weighted by atomic mass is 9.94. The van der Waals surface area contributed by atoms with E-state index < -0.39 is 6.17 Å². The van der Waals surface area contributed by atoms with Crippen LogP contribution >= 0.6 is 0 Å². The maximum atomic E-state index is 6.81. The van der Waals surface area contributed by atoms with Crippen LogP contribution in [0.15, 0.2) is 195 Å². The molecule has 2 aromatic heterocycles. The van der Waals surface area contributed by atoms with E-state index >= 15 is 0 Å². The van der Waals surface area contributed by atoms with Crippen molar-refractivity contribution >= 4 is 87.9 Å². The highest BCUT2D eigenvalue weighted by molar-refractivity contribution is 6.25. The first kappa shape index (κ1) is 30.9. The van der Waals surface area contributed by atoms with E-state index in [1.54, 1.807) is 0 Å². The smallest absolute Gasteiger partial charge is 0.160 e. The summed E-state index contributed by atoms with van der Waals surface area (Å²) in [5, 5.41) is 15.0. The molecule has 1 N–H and O–H groups in total. The number of rotatable bonds is 4. The van der Waals surface area contributed by atoms with Gasteiger partial charge in [-0.05, 0) is 80.3 Å². The summed E-state index contributed by atoms with van der Waals surface area (Å²) in [7, 11) is 0. The molecule has 0 amide bonds. The minimum absolute atomic E-state index is 0.397. The average Bonchev–Trinajstić information content (AvgIpc) is 3.85. The van der Waals surface area contributed by atoms with E-state index in [2.05, 4.69) is 151 Å². The van der Waals surface area contributed by atoms with Crippen molar-refractivity contribution in [1.82, 2.24) is 5.32 Å². The second kappa shape index (κ2) is 12.0. The first-order chi connectivity index (χ1) is 27.7. The molecule has 1 aliphatic heterocycles. The van der Waals surface area contributed by atoms with E-state index in [0.29, 0.717) is 5.84 Å². The van der Waals surface area contributed by atoms with Crippen LogP contribution in [-0.2, 0) is 0 Å². The molecule has 0 fully saturated rings. The Balaban J connectivity index is 1.10. The first-order valence-electron chi connectivity index (χ1n) is 18.9. The summed E-state index contributed by atoms with van der Waals surface area (Å²) in [4.78, 5) is 10.7. The van der Waals surface area contributed by atoms with Crippen LogP contribution in [0.3, 0.4) is 0 Å². The first-order valence-corrected chi connectivity index (χ1v) is 18.9. The lowest BCUT2D eigenvalue weighted by molar-refractivity contribution is 0.668. The van der Waals surface area contributed by atoms with Crippen molar-refractivity contribution in [3.8, 4) is 11.1 Å². The average molecular weight is 718 g/mol. The molecule has 1 aliphatic rings. The fourth-order valence-corrected chi connectivity index (χ4v) is 8.74. The number of nitrogens with zero attached hydrogens (tertiary/aromatic N) is 2. The van der Waals surface area contributed by atoms with Gasteiger partial charge in [-0.1, -0.05) is 133 Å². The van der Waals surface area contributed by atoms with Crippen molar-refractivity contribution in [2.45, 2.75) is 6.17 Å². The van der Waals surface area contributed by atoms with Gasteiger partial charge in [0.1, 0.15) is 34.3 Å². The zero-order valence-corrected chi connectivity index (χ0v) is 30.0. The quantitative estimate of drug-likeness (QED) is 0.184. The zero-order valence-electron chi connectivity index (χ0n) is 30.0. The van der Waals surface area contributed by atoms with Gasteiger partial charge in [-0.3, -0.25) is 0 Å². The Morgan fingerprint density at radius 1 is 0.429 bits per heavy atom. The van der Waals surface area contributed by atoms with Crippen LogP contribution < -0.4 is 5.32 Å². The molecule has 0 bridgehead atoms. The van der Waals surface area contributed by atoms with E-state index in [0.717, 1.165) is 82.9 Å². The molecule has 262 valence electrons. The highest BCUT2D eigenvalue weighted by Gasteiger charge is 2.26. The van der Waals surface area contributed by atoms with Crippen molar-refractivity contribution in [2.24, 2.45) is 9.98 Å². The third-order valence-electron chi connectivity index (χ3n) is 11.3. The molecule has 0 aliphatic carbocycles. The van der Waals surface area contributed by atoms with Gasteiger partial charge in [-0.15, -0.1) is 0 Å². The molecular weight excluding hydrogens is 687 g/mol. The zero-order chi connectivity index (χ0) is 36.7. The van der Waals surface area contributed by atoms with Crippen LogP contribution in [0.4, 0.5) is 0 Å². The molecule has 5 heteroatoms. The SMILES string of the molecule is c1ccc(C2=NC(c3ccc(-c4ccc5oc6ccc7ccccc7c6c5c4)c4oc5ccccc5c34)=NC(c3cc4ccccc4c4ccccc34)N2)cc1. The largest absolute Gasteiger partial charge is 0.456 e. The number of nitrogens with one attached hydrogen (secondary N) is 1. The van der Waals surface area contributed by atoms with Crippen molar-refractivity contribution in [3.63, 3.8) is 0 Å². The van der Waals surface area contributed by atoms with Gasteiger partial charge in [0.05, 0.1) is 0 Å². The lowest BCUT2D eigenvalue weighted by Gasteiger charge is -2.25. The molecule has 9 aromatic carbocycles. The Morgan fingerprint density at radius 2 is 1.11 bits per heavy atom. The van der Waals surface area contributed by atoms with Gasteiger partial charge in [-0.25, -0.2) is 9.98 Å². The monoisotopic (exact) mass is 717 g/mol. The normalized spacial score (nSPS) is 14.6. The number of benzene rings is 9. The second-order valence-corrected chi connectivity index (χ2v) is 14.5. The standard InChI is InChI=1S/C51H31N3O2/c1-2-13-31(14-3-1)49-52-50(54-51(53-49)41-28-32-15-5-6-16-34(32)37-18-8-9-19-38(37)41)40-25-24-36(48-47(40)39-20-10-11-21-43(39)56-48)33-23-26-44-42(29-33)46-35-17-7-4-12-30(35)22-27-45(46)55-44/h1-29,51H,(H,52,53,54). The Hall–Kier alpha value is -7.50. The van der Waals surface area contributed by atoms with E-state index in [4.69, 9.17) is 18.8 Å². The van der Waals surface area contributed by atoms with E-state index in [9.17, 15) is 0 Å². The minimum atomic E-state index is -0.397. The van der Waals surface area contributed by atoms with Crippen LogP contribution in [0.2, 0.25) is 0 Å². The lowest BCUT2D eigenvalue weighted by Crippen LogP contribution is -2.33. The van der Waals surface area contributed by atoms with Gasteiger partial charge < -0.3 is 14.2 Å². The Morgan fingerprint density at radius 3 is 1.98 bits per heavy atom. The van der Waals surface area contributed by atoms with Crippen LogP contribution in [0, 0.1) is 0 Å². The van der Waals surface area contributed by atoms with Gasteiger partial charge in [0.15, 0.2) is 5.84 Å². The highest BCUT2D eigenvalue weighted by Crippen LogP contribution is 2.42. The fourth-order valence-electron chi connectivity index (χ4n) is 8.74. The van der Waals surface area contributed by atoms with Gasteiger partial charge in [0.25, 0.3) is 0 Å². The number of furan rings is 2. The van der Waals surface area contributed by atoms with E-state index in [-0.39, 0.29) is 0 Å². The van der Waals surface area contributed by atoms with Crippen molar-refractivity contribution < 1.29 is 8.83 Å². The number of hydrogen-bond acceptors (Lipinski definition) is 5. The van der Waals surface area contributed by atoms with Gasteiger partial charge in [0, 0.05) is 43.8 Å². The van der Waals surface area contributed by atoms with Crippen LogP contribution in [-0.4, -0.2) is 11.7 Å². The second-order valence-electron chi connectivity index (χ2n) is 14.5. The third kappa shape index (κ3) is 4.67. The molecule has 5 nitrogen and oxygen atoms in total. The Labute approximate surface area is 320 Å². The predicted molar refractivity (Wildman–Crippen MR) is 231 cm³/mol. The van der Waals surface area contributed by atoms with Gasteiger partial charge in [-0.2, -0.15) is 0 Å². The highest BCUT2D eigenvalue weighted by atomic mass is 16.3. The van der Waals surface area contributed by atoms with Crippen molar-refractivity contribution in [3.05, 3.63) is 193 Å². The molecular formula is C51H31N3O2. The molecule has 0 spiro atoms. The summed E-state index contributed by atoms with van der Waals surface area (Å²) in [6, 6.07) is 61.5. The summed E-state index contributed by atoms with van der Waals surface area (Å²) in [5.74, 6) is 1.42. The number of para-hydroxylation sites is 1. The maximum Gasteiger partial charge on any atom is 0.160 e. The number of fused-ring (bicyclic) bond motifs is 11. The minimum Gasteiger partial charge on any atom is -0.456 e. The van der Waals surface area contributed by atoms with Crippen molar-refractivity contribution in [2.75, 3.05) is 0 Å². The van der Waals surface area contributed by atoms with E-state index in [1.807, 2.05) is 30.3 Å². The topological polar surface area (TPSA) is 63.0 Å². The Bertz CT molecular complexity index is 3460. The number of aliphatic imine (C=N–C) groups is 2. The molecule has 1 atom stereocenters. The summed E-state index contributed by atoms with van der Waals surface area (Å²) in [6.45, 7) is 0. The molecule has 0 saturated carbocycles. The molecule has 3 heterocycles. The summed E-state index contributed by atoms with van der Waals surface area (Å²) in [6.07, 6.45) is -0.397. The molecule has 1 unspecified atom stereocenters. The molecule has 11 aromatic rings. The number of amidine groups is 2. The summed E-state index contributed by atoms with van der Waals surface area (Å²) < 4.78 is 13.2. The molecule has 0 radical (unpaired) electrons. The van der Waals surface area contributed by atoms with Crippen LogP contribution in [0.1, 0.15) is 22.9 Å². The van der Waals surface area contributed by atoms with Crippen LogP contribution in [0.25, 0.3) is 87.3 Å². The maximum absolute atomic E-state index is 6.81. The van der Waals surface area contributed by atoms with Crippen LogP contribution in [0.5, 0.6) is 0 Å². The molecule has 56 heavy (non-hydrogen) atoms. The molecule has 12 rings (SSSR count). The molecule has 0 saturated heterocycles. The van der Waals surface area contributed by atoms with Gasteiger partial charge in [0.2, 0.25) is 0 Å². The fraction of sp³-hybridized carbons (Fsp3) is 0.0196. The Kier molecular flexibility index (Phi) is 6.63. The predicted octanol–water partition coefficient (Wildman–Crippen LogP) is 13.1. The van der Waals surface area contributed by atoms with Crippen molar-refractivity contribution in [1.29, 1.82) is 0 Å². The van der Waals surface area contributed by atoms with E-state index in [1.165, 1.54) is 26.9 Å².